The molecule has 2 aliphatic heterocycles. The van der Waals surface area contributed by atoms with Crippen LogP contribution in [0.1, 0.15) is 158 Å². The quantitative estimate of drug-likeness (QED) is 0.121. The minimum Gasteiger partial charge on any atom is -0.456 e. The minimum atomic E-state index is -0.410. The van der Waals surface area contributed by atoms with Crippen molar-refractivity contribution < 1.29 is 8.83 Å². The van der Waals surface area contributed by atoms with Crippen molar-refractivity contribution in [3.63, 3.8) is 0 Å². The Hall–Kier alpha value is -14.2. The van der Waals surface area contributed by atoms with Gasteiger partial charge in [0.15, 0.2) is 0 Å². The van der Waals surface area contributed by atoms with Gasteiger partial charge in [0, 0.05) is 77.3 Å². The monoisotopic (exact) mass is 1710 g/mol. The van der Waals surface area contributed by atoms with E-state index in [-0.39, 0.29) is 32.5 Å². The molecule has 0 amide bonds. The van der Waals surface area contributed by atoms with E-state index < -0.39 is 6.71 Å². The minimum absolute atomic E-state index is 0.152. The highest BCUT2D eigenvalue weighted by Crippen LogP contribution is 2.58. The number of hydrogen-bond acceptors (Lipinski definition) is 4. The first-order valence-electron chi connectivity index (χ1n) is 47.1. The summed E-state index contributed by atoms with van der Waals surface area (Å²) in [5, 5.41) is 6.65. The van der Waals surface area contributed by atoms with Gasteiger partial charge in [-0.1, -0.05) is 361 Å². The first kappa shape index (κ1) is 83.4. The number of anilines is 6. The molecule has 0 radical (unpaired) electrons. The third-order valence-corrected chi connectivity index (χ3v) is 28.2. The molecule has 0 aliphatic carbocycles. The summed E-state index contributed by atoms with van der Waals surface area (Å²) in [5.41, 5.74) is 40.8. The Morgan fingerprint density at radius 3 is 1.02 bits per heavy atom. The SMILES string of the molecule is CC(C)(C)c1cc(-c2ccc3c(c2)N(c2c(-c4ccccc4)cc(C(C)(C)C)cc2-c2ccccc2)c2cc(-n4c5ccc(C(C)(C)C)cc5c5cc(C(C)(C)C)ccc54)cc4c2B3c2cc(-c3cc(-c5ccccc5)cc(-c5ccccc5)c3)ccc2N4c2c(-c3cccc4oc5ccccc5c34)cc(C(C)(C)C)cc2-c2cccc3oc4ccccc4c23)cc(C(C)(C)C)c1. The molecule has 17 aromatic carbocycles. The number of benzene rings is 17. The van der Waals surface area contributed by atoms with Crippen LogP contribution in [-0.2, 0) is 32.5 Å². The zero-order chi connectivity index (χ0) is 91.1. The third kappa shape index (κ3) is 14.2. The van der Waals surface area contributed by atoms with E-state index in [2.05, 4.69) is 491 Å². The molecular weight excluding hydrogens is 1600 g/mol. The van der Waals surface area contributed by atoms with Crippen molar-refractivity contribution in [2.24, 2.45) is 0 Å². The van der Waals surface area contributed by atoms with E-state index in [0.29, 0.717) is 0 Å². The van der Waals surface area contributed by atoms with Crippen molar-refractivity contribution >= 4 is 123 Å². The van der Waals surface area contributed by atoms with Gasteiger partial charge in [-0.15, -0.1) is 0 Å². The Morgan fingerprint density at radius 1 is 0.212 bits per heavy atom. The first-order chi connectivity index (χ1) is 63.2. The summed E-state index contributed by atoms with van der Waals surface area (Å²) >= 11 is 0. The van der Waals surface area contributed by atoms with Crippen molar-refractivity contribution in [1.82, 2.24) is 4.57 Å². The van der Waals surface area contributed by atoms with E-state index in [4.69, 9.17) is 8.83 Å². The number of aromatic nitrogens is 1. The van der Waals surface area contributed by atoms with Crippen LogP contribution in [0, 0.1) is 0 Å². The van der Waals surface area contributed by atoms with E-state index in [9.17, 15) is 0 Å². The fourth-order valence-electron chi connectivity index (χ4n) is 20.9. The van der Waals surface area contributed by atoms with Gasteiger partial charge in [0.05, 0.1) is 28.1 Å². The molecule has 0 spiro atoms. The maximum atomic E-state index is 7.12. The first-order valence-corrected chi connectivity index (χ1v) is 47.1. The van der Waals surface area contributed by atoms with E-state index >= 15 is 0 Å². The summed E-state index contributed by atoms with van der Waals surface area (Å²) < 4.78 is 16.9. The average molecular weight is 1710 g/mol. The van der Waals surface area contributed by atoms with E-state index in [1.165, 1.54) is 66.1 Å². The van der Waals surface area contributed by atoms with E-state index in [1.807, 2.05) is 0 Å². The summed E-state index contributed by atoms with van der Waals surface area (Å²) in [4.78, 5) is 5.54. The van der Waals surface area contributed by atoms with Gasteiger partial charge in [-0.25, -0.2) is 0 Å². The van der Waals surface area contributed by atoms with E-state index in [1.54, 1.807) is 0 Å². The van der Waals surface area contributed by atoms with Gasteiger partial charge < -0.3 is 23.2 Å². The van der Waals surface area contributed by atoms with Gasteiger partial charge in [0.25, 0.3) is 6.71 Å². The highest BCUT2D eigenvalue weighted by molar-refractivity contribution is 7.00. The Labute approximate surface area is 777 Å². The Kier molecular flexibility index (Phi) is 19.4. The lowest BCUT2D eigenvalue weighted by Crippen LogP contribution is -2.61. The number of para-hydroxylation sites is 2. The van der Waals surface area contributed by atoms with Crippen LogP contribution in [0.3, 0.4) is 0 Å². The van der Waals surface area contributed by atoms with Crippen LogP contribution in [0.4, 0.5) is 34.1 Å². The van der Waals surface area contributed by atoms with Gasteiger partial charge in [0.1, 0.15) is 22.3 Å². The largest absolute Gasteiger partial charge is 0.456 e. The average Bonchev–Trinajstić information content (AvgIpc) is 0.978. The summed E-state index contributed by atoms with van der Waals surface area (Å²) in [5.74, 6) is 0. The zero-order valence-electron chi connectivity index (χ0n) is 79.2. The van der Waals surface area contributed by atoms with Gasteiger partial charge in [-0.05, 0) is 264 Å². The maximum absolute atomic E-state index is 7.12. The van der Waals surface area contributed by atoms with Crippen LogP contribution < -0.4 is 26.2 Å². The van der Waals surface area contributed by atoms with Crippen molar-refractivity contribution in [3.8, 4) is 94.7 Å². The molecule has 5 heterocycles. The smallest absolute Gasteiger partial charge is 0.252 e. The molecule has 646 valence electrons. The Bertz CT molecular complexity index is 7700. The molecule has 0 fully saturated rings. The van der Waals surface area contributed by atoms with Gasteiger partial charge in [-0.3, -0.25) is 0 Å². The Morgan fingerprint density at radius 2 is 0.576 bits per heavy atom. The maximum Gasteiger partial charge on any atom is 0.252 e. The van der Waals surface area contributed by atoms with Gasteiger partial charge >= 0.3 is 0 Å². The second kappa shape index (κ2) is 30.7. The molecule has 20 aromatic rings. The van der Waals surface area contributed by atoms with E-state index in [0.717, 1.165) is 178 Å². The van der Waals surface area contributed by atoms with Crippen molar-refractivity contribution in [2.45, 2.75) is 157 Å². The molecular formula is C126H112BN3O2. The second-order valence-electron chi connectivity index (χ2n) is 43.3. The molecule has 2 aliphatic rings. The van der Waals surface area contributed by atoms with Gasteiger partial charge in [0.2, 0.25) is 0 Å². The standard InChI is InChI=1S/C126H112BN3O2/c1-121(2,3)87-55-59-106-100(69-87)101-70-88(122(4,5)6)56-60-107(101)128(106)93-75-110-118-111(76-93)130(119-98(79-41-27-21-28-42-79)71-91(125(13,14)15)72-99(119)80-43-29-22-30-44-80)109-67-82(86-64-89(123(7,8)9)68-90(65-86)124(10,11)12)53-57-104(109)127(118)105-66-81(85-62-83(77-37-23-19-24-38-77)61-84(63-85)78-39-25-20-26-40-78)54-58-108(105)129(110)120-102(94-47-35-51-114-116(94)96-45-31-33-49-112(96)131-114)73-92(126(16,17)18)74-103(120)95-48-36-52-115-117(95)97-46-32-34-50-113(97)132-115/h19-76H,1-18H3. The normalized spacial score (nSPS) is 13.2. The van der Waals surface area contributed by atoms with Crippen LogP contribution >= 0.6 is 0 Å². The summed E-state index contributed by atoms with van der Waals surface area (Å²) in [6, 6.07) is 135. The second-order valence-corrected chi connectivity index (χ2v) is 43.3. The molecule has 0 saturated heterocycles. The molecule has 0 bridgehead atoms. The molecule has 3 aromatic heterocycles. The van der Waals surface area contributed by atoms with Crippen LogP contribution in [-0.4, -0.2) is 11.3 Å². The number of fused-ring (bicyclic) bond motifs is 13. The highest BCUT2D eigenvalue weighted by Gasteiger charge is 2.47. The van der Waals surface area contributed by atoms with Crippen molar-refractivity contribution in [3.05, 3.63) is 385 Å². The number of furan rings is 2. The zero-order valence-corrected chi connectivity index (χ0v) is 79.2. The third-order valence-electron chi connectivity index (χ3n) is 28.2. The topological polar surface area (TPSA) is 37.7 Å². The molecule has 0 unspecified atom stereocenters. The number of rotatable bonds is 11. The molecule has 0 saturated carbocycles. The molecule has 5 nitrogen and oxygen atoms in total. The van der Waals surface area contributed by atoms with Crippen LogP contribution in [0.25, 0.3) is 160 Å². The lowest BCUT2D eigenvalue weighted by atomic mass is 9.33. The van der Waals surface area contributed by atoms with Crippen molar-refractivity contribution in [1.29, 1.82) is 0 Å². The van der Waals surface area contributed by atoms with Crippen molar-refractivity contribution in [2.75, 3.05) is 9.80 Å². The van der Waals surface area contributed by atoms with Crippen LogP contribution in [0.15, 0.2) is 361 Å². The number of nitrogens with zero attached hydrogens (tertiary/aromatic N) is 3. The summed E-state index contributed by atoms with van der Waals surface area (Å²) in [6.45, 7) is 42.1. The summed E-state index contributed by atoms with van der Waals surface area (Å²) in [7, 11) is 0. The predicted octanol–water partition coefficient (Wildman–Crippen LogP) is 33.8. The molecule has 0 atom stereocenters. The predicted molar refractivity (Wildman–Crippen MR) is 565 cm³/mol. The molecule has 22 rings (SSSR count). The van der Waals surface area contributed by atoms with Crippen LogP contribution in [0.2, 0.25) is 0 Å². The lowest BCUT2D eigenvalue weighted by molar-refractivity contribution is 0.569. The Balaban J connectivity index is 0.981. The highest BCUT2D eigenvalue weighted by atomic mass is 16.3. The lowest BCUT2D eigenvalue weighted by Gasteiger charge is -2.46. The molecule has 132 heavy (non-hydrogen) atoms. The number of hydrogen-bond donors (Lipinski definition) is 0. The fraction of sp³-hybridized carbons (Fsp3) is 0.190. The molecule has 0 N–H and O–H groups in total. The van der Waals surface area contributed by atoms with Gasteiger partial charge in [-0.2, -0.15) is 0 Å². The fourth-order valence-corrected chi connectivity index (χ4v) is 20.9. The summed E-state index contributed by atoms with van der Waals surface area (Å²) in [6.07, 6.45) is 0. The molecule has 6 heteroatoms. The van der Waals surface area contributed by atoms with Crippen LogP contribution in [0.5, 0.6) is 0 Å².